The molecule has 0 saturated heterocycles. The molecule has 0 aliphatic heterocycles. The van der Waals surface area contributed by atoms with E-state index in [1.807, 2.05) is 11.8 Å². The maximum Gasteiger partial charge on any atom is 0.0332 e. The van der Waals surface area contributed by atoms with Gasteiger partial charge < -0.3 is 5.73 Å². The van der Waals surface area contributed by atoms with Crippen LogP contribution in [0.5, 0.6) is 0 Å². The van der Waals surface area contributed by atoms with Gasteiger partial charge in [0.2, 0.25) is 0 Å². The number of nitrogens with zero attached hydrogens (tertiary/aromatic N) is 1. The van der Waals surface area contributed by atoms with Crippen LogP contribution in [0, 0.1) is 5.92 Å². The van der Waals surface area contributed by atoms with Crippen molar-refractivity contribution in [2.24, 2.45) is 11.7 Å². The lowest BCUT2D eigenvalue weighted by molar-refractivity contribution is 0.0383. The summed E-state index contributed by atoms with van der Waals surface area (Å²) in [6.45, 7) is 5.49. The number of hydrogen-bond acceptors (Lipinski definition) is 3. The van der Waals surface area contributed by atoms with E-state index in [1.54, 1.807) is 0 Å². The van der Waals surface area contributed by atoms with Crippen molar-refractivity contribution >= 4 is 11.8 Å². The minimum Gasteiger partial charge on any atom is -0.329 e. The Morgan fingerprint density at radius 3 is 2.41 bits per heavy atom. The molecule has 2 nitrogen and oxygen atoms in total. The fraction of sp³-hybridized carbons (Fsp3) is 1.00. The number of likely N-dealkylation sites (N-methyl/N-ethyl adjacent to an activating group) is 1. The van der Waals surface area contributed by atoms with E-state index >= 15 is 0 Å². The van der Waals surface area contributed by atoms with Crippen LogP contribution in [0.3, 0.4) is 0 Å². The van der Waals surface area contributed by atoms with Crippen LogP contribution < -0.4 is 5.73 Å². The van der Waals surface area contributed by atoms with Crippen LogP contribution in [-0.4, -0.2) is 42.1 Å². The van der Waals surface area contributed by atoms with Crippen LogP contribution in [-0.2, 0) is 0 Å². The molecule has 0 radical (unpaired) electrons. The first kappa shape index (κ1) is 15.3. The topological polar surface area (TPSA) is 29.3 Å². The van der Waals surface area contributed by atoms with Gasteiger partial charge in [0.25, 0.3) is 0 Å². The lowest BCUT2D eigenvalue weighted by Crippen LogP contribution is -2.58. The third kappa shape index (κ3) is 3.62. The van der Waals surface area contributed by atoms with Gasteiger partial charge in [0, 0.05) is 23.9 Å². The molecule has 2 N–H and O–H groups in total. The van der Waals surface area contributed by atoms with E-state index in [2.05, 4.69) is 32.1 Å². The van der Waals surface area contributed by atoms with E-state index in [1.165, 1.54) is 37.9 Å². The molecule has 0 bridgehead atoms. The monoisotopic (exact) mass is 258 g/mol. The number of hydrogen-bond donors (Lipinski definition) is 1. The van der Waals surface area contributed by atoms with Crippen LogP contribution in [0.1, 0.15) is 46.0 Å². The zero-order chi connectivity index (χ0) is 12.9. The molecule has 0 heterocycles. The summed E-state index contributed by atoms with van der Waals surface area (Å²) >= 11 is 1.95. The summed E-state index contributed by atoms with van der Waals surface area (Å²) in [5.74, 6) is 2.12. The highest BCUT2D eigenvalue weighted by molar-refractivity contribution is 7.98. The van der Waals surface area contributed by atoms with Gasteiger partial charge in [0.1, 0.15) is 0 Å². The molecule has 1 aliphatic rings. The standard InChI is InChI=1S/C14H30N2S/c1-5-13(10-17-4)16(3)14(11-15)8-6-12(2)7-9-14/h12-13H,5-11,15H2,1-4H3. The fourth-order valence-corrected chi connectivity index (χ4v) is 3.93. The summed E-state index contributed by atoms with van der Waals surface area (Å²) in [6.07, 6.45) is 8.69. The summed E-state index contributed by atoms with van der Waals surface area (Å²) in [6, 6.07) is 0.682. The van der Waals surface area contributed by atoms with Crippen LogP contribution in [0.15, 0.2) is 0 Å². The van der Waals surface area contributed by atoms with Crippen LogP contribution in [0.25, 0.3) is 0 Å². The Morgan fingerprint density at radius 2 is 2.00 bits per heavy atom. The minimum absolute atomic E-state index is 0.281. The zero-order valence-corrected chi connectivity index (χ0v) is 12.9. The maximum absolute atomic E-state index is 6.12. The van der Waals surface area contributed by atoms with Crippen molar-refractivity contribution in [2.45, 2.75) is 57.5 Å². The molecular formula is C14H30N2S. The van der Waals surface area contributed by atoms with Gasteiger partial charge in [-0.1, -0.05) is 13.8 Å². The first-order chi connectivity index (χ1) is 8.09. The van der Waals surface area contributed by atoms with Crippen LogP contribution in [0.4, 0.5) is 0 Å². The Hall–Kier alpha value is 0.270. The molecule has 3 heteroatoms. The largest absolute Gasteiger partial charge is 0.329 e. The van der Waals surface area contributed by atoms with Gasteiger partial charge in [0.15, 0.2) is 0 Å². The average Bonchev–Trinajstić information content (AvgIpc) is 2.36. The molecule has 0 aromatic carbocycles. The lowest BCUT2D eigenvalue weighted by Gasteiger charge is -2.48. The van der Waals surface area contributed by atoms with E-state index in [4.69, 9.17) is 5.73 Å². The molecule has 0 aromatic heterocycles. The smallest absolute Gasteiger partial charge is 0.0332 e. The van der Waals surface area contributed by atoms with Gasteiger partial charge >= 0.3 is 0 Å². The van der Waals surface area contributed by atoms with Gasteiger partial charge in [0.05, 0.1) is 0 Å². The first-order valence-corrected chi connectivity index (χ1v) is 8.41. The third-order valence-corrected chi connectivity index (χ3v) is 5.43. The van der Waals surface area contributed by atoms with Crippen molar-refractivity contribution < 1.29 is 0 Å². The molecule has 0 aromatic rings. The summed E-state index contributed by atoms with van der Waals surface area (Å²) in [5, 5.41) is 0. The van der Waals surface area contributed by atoms with Gasteiger partial charge in [-0.3, -0.25) is 4.90 Å². The lowest BCUT2D eigenvalue weighted by atomic mass is 9.75. The molecule has 0 amide bonds. The first-order valence-electron chi connectivity index (χ1n) is 7.01. The number of nitrogens with two attached hydrogens (primary N) is 1. The molecule has 1 rings (SSSR count). The predicted octanol–water partition coefficient (Wildman–Crippen LogP) is 2.97. The van der Waals surface area contributed by atoms with Gasteiger partial charge in [-0.05, 0) is 51.3 Å². The third-order valence-electron chi connectivity index (χ3n) is 4.71. The SMILES string of the molecule is CCC(CSC)N(C)C1(CN)CCC(C)CC1. The Kier molecular flexibility index (Phi) is 6.32. The van der Waals surface area contributed by atoms with Gasteiger partial charge in [-0.2, -0.15) is 11.8 Å². The van der Waals surface area contributed by atoms with E-state index < -0.39 is 0 Å². The normalized spacial score (nSPS) is 31.8. The molecule has 1 atom stereocenters. The summed E-state index contributed by atoms with van der Waals surface area (Å²) in [5.41, 5.74) is 6.41. The quantitative estimate of drug-likeness (QED) is 0.794. The number of thioether (sulfide) groups is 1. The molecule has 1 fully saturated rings. The van der Waals surface area contributed by atoms with E-state index in [0.717, 1.165) is 12.5 Å². The Morgan fingerprint density at radius 1 is 1.41 bits per heavy atom. The minimum atomic E-state index is 0.281. The van der Waals surface area contributed by atoms with E-state index in [-0.39, 0.29) is 5.54 Å². The van der Waals surface area contributed by atoms with Crippen molar-refractivity contribution in [3.8, 4) is 0 Å². The van der Waals surface area contributed by atoms with Crippen molar-refractivity contribution in [3.05, 3.63) is 0 Å². The second-order valence-corrected chi connectivity index (χ2v) is 6.65. The van der Waals surface area contributed by atoms with E-state index in [0.29, 0.717) is 6.04 Å². The Balaban J connectivity index is 2.70. The van der Waals surface area contributed by atoms with Crippen LogP contribution >= 0.6 is 11.8 Å². The second-order valence-electron chi connectivity index (χ2n) is 5.74. The second kappa shape index (κ2) is 7.01. The summed E-state index contributed by atoms with van der Waals surface area (Å²) in [7, 11) is 2.30. The highest BCUT2D eigenvalue weighted by atomic mass is 32.2. The van der Waals surface area contributed by atoms with Crippen molar-refractivity contribution in [3.63, 3.8) is 0 Å². The number of rotatable bonds is 6. The highest BCUT2D eigenvalue weighted by Crippen LogP contribution is 2.36. The molecule has 1 aliphatic carbocycles. The summed E-state index contributed by atoms with van der Waals surface area (Å²) < 4.78 is 0. The van der Waals surface area contributed by atoms with Crippen molar-refractivity contribution in [2.75, 3.05) is 25.6 Å². The van der Waals surface area contributed by atoms with Gasteiger partial charge in [-0.15, -0.1) is 0 Å². The highest BCUT2D eigenvalue weighted by Gasteiger charge is 2.38. The van der Waals surface area contributed by atoms with Crippen molar-refractivity contribution in [1.82, 2.24) is 4.90 Å². The predicted molar refractivity (Wildman–Crippen MR) is 79.6 cm³/mol. The fourth-order valence-electron chi connectivity index (χ4n) is 3.08. The molecule has 17 heavy (non-hydrogen) atoms. The average molecular weight is 258 g/mol. The molecule has 1 saturated carbocycles. The molecule has 1 unspecified atom stereocenters. The van der Waals surface area contributed by atoms with E-state index in [9.17, 15) is 0 Å². The Labute approximate surface area is 112 Å². The molecule has 102 valence electrons. The molecular weight excluding hydrogens is 228 g/mol. The zero-order valence-electron chi connectivity index (χ0n) is 12.0. The van der Waals surface area contributed by atoms with Gasteiger partial charge in [-0.25, -0.2) is 0 Å². The maximum atomic E-state index is 6.12. The Bertz CT molecular complexity index is 212. The van der Waals surface area contributed by atoms with Crippen LogP contribution in [0.2, 0.25) is 0 Å². The molecule has 0 spiro atoms. The van der Waals surface area contributed by atoms with Crippen molar-refractivity contribution in [1.29, 1.82) is 0 Å². The summed E-state index contributed by atoms with van der Waals surface area (Å²) in [4.78, 5) is 2.61.